The summed E-state index contributed by atoms with van der Waals surface area (Å²) in [4.78, 5) is 11.2. The zero-order valence-corrected chi connectivity index (χ0v) is 7.97. The van der Waals surface area contributed by atoms with Crippen LogP contribution >= 0.6 is 0 Å². The van der Waals surface area contributed by atoms with E-state index in [1.165, 1.54) is 10.6 Å². The predicted octanol–water partition coefficient (Wildman–Crippen LogP) is -0.850. The largest absolute Gasteiger partial charge is 0.394 e. The molecule has 5 heteroatoms. The molecule has 0 amide bonds. The molecular formula is C9H14N2O3. The van der Waals surface area contributed by atoms with Crippen LogP contribution in [0.3, 0.4) is 0 Å². The number of hydrogen-bond acceptors (Lipinski definition) is 4. The summed E-state index contributed by atoms with van der Waals surface area (Å²) in [5.41, 5.74) is 0.522. The summed E-state index contributed by atoms with van der Waals surface area (Å²) >= 11 is 0. The molecule has 1 aromatic rings. The van der Waals surface area contributed by atoms with Gasteiger partial charge in [-0.05, 0) is 6.07 Å². The molecule has 0 bridgehead atoms. The van der Waals surface area contributed by atoms with Gasteiger partial charge in [-0.3, -0.25) is 4.79 Å². The van der Waals surface area contributed by atoms with E-state index >= 15 is 0 Å². The molecule has 1 atom stereocenters. The van der Waals surface area contributed by atoms with Crippen molar-refractivity contribution in [3.63, 3.8) is 0 Å². The second-order valence-electron chi connectivity index (χ2n) is 3.08. The standard InChI is InChI=1S/C9H14N2O3/c1-11-3-2-7(4-9(11)14)10-5-8(13)6-12/h2-4,8,10,12-13H,5-6H2,1H3. The highest BCUT2D eigenvalue weighted by Crippen LogP contribution is 2.00. The van der Waals surface area contributed by atoms with Gasteiger partial charge in [-0.2, -0.15) is 0 Å². The molecule has 0 aliphatic carbocycles. The molecule has 0 spiro atoms. The highest BCUT2D eigenvalue weighted by atomic mass is 16.3. The number of pyridine rings is 1. The van der Waals surface area contributed by atoms with Gasteiger partial charge in [0.15, 0.2) is 0 Å². The molecule has 0 radical (unpaired) electrons. The quantitative estimate of drug-likeness (QED) is 0.589. The van der Waals surface area contributed by atoms with Crippen molar-refractivity contribution < 1.29 is 10.2 Å². The molecule has 78 valence electrons. The smallest absolute Gasteiger partial charge is 0.252 e. The third-order valence-corrected chi connectivity index (χ3v) is 1.86. The molecule has 0 aliphatic rings. The van der Waals surface area contributed by atoms with E-state index in [9.17, 15) is 4.79 Å². The molecule has 0 aliphatic heterocycles. The van der Waals surface area contributed by atoms with Crippen molar-refractivity contribution in [3.05, 3.63) is 28.7 Å². The van der Waals surface area contributed by atoms with Gasteiger partial charge in [0, 0.05) is 31.5 Å². The Hall–Kier alpha value is -1.33. The van der Waals surface area contributed by atoms with Crippen LogP contribution in [-0.4, -0.2) is 34.0 Å². The zero-order valence-electron chi connectivity index (χ0n) is 7.97. The van der Waals surface area contributed by atoms with Crippen molar-refractivity contribution in [2.45, 2.75) is 6.10 Å². The molecule has 0 fully saturated rings. The van der Waals surface area contributed by atoms with E-state index < -0.39 is 6.10 Å². The van der Waals surface area contributed by atoms with E-state index in [-0.39, 0.29) is 18.7 Å². The van der Waals surface area contributed by atoms with Crippen LogP contribution in [0.4, 0.5) is 5.69 Å². The molecule has 1 heterocycles. The Labute approximate surface area is 81.6 Å². The Bertz CT molecular complexity index is 348. The normalized spacial score (nSPS) is 12.5. The number of aryl methyl sites for hydroxylation is 1. The fraction of sp³-hybridized carbons (Fsp3) is 0.444. The minimum atomic E-state index is -0.806. The summed E-state index contributed by atoms with van der Waals surface area (Å²) in [6, 6.07) is 3.16. The Morgan fingerprint density at radius 1 is 1.64 bits per heavy atom. The van der Waals surface area contributed by atoms with Gasteiger partial charge in [0.1, 0.15) is 0 Å². The minimum Gasteiger partial charge on any atom is -0.394 e. The Morgan fingerprint density at radius 2 is 2.36 bits per heavy atom. The first kappa shape index (κ1) is 10.7. The number of aliphatic hydroxyl groups is 2. The van der Waals surface area contributed by atoms with E-state index in [0.29, 0.717) is 5.69 Å². The predicted molar refractivity (Wildman–Crippen MR) is 53.3 cm³/mol. The average Bonchev–Trinajstić information content (AvgIpc) is 2.19. The maximum absolute atomic E-state index is 11.2. The second kappa shape index (κ2) is 4.78. The lowest BCUT2D eigenvalue weighted by Crippen LogP contribution is -2.24. The van der Waals surface area contributed by atoms with Crippen molar-refractivity contribution >= 4 is 5.69 Å². The maximum Gasteiger partial charge on any atom is 0.252 e. The lowest BCUT2D eigenvalue weighted by Gasteiger charge is -2.09. The van der Waals surface area contributed by atoms with Gasteiger partial charge in [0.25, 0.3) is 5.56 Å². The average molecular weight is 198 g/mol. The lowest BCUT2D eigenvalue weighted by molar-refractivity contribution is 0.105. The number of hydrogen-bond donors (Lipinski definition) is 3. The van der Waals surface area contributed by atoms with Crippen LogP contribution < -0.4 is 10.9 Å². The molecule has 5 nitrogen and oxygen atoms in total. The molecule has 14 heavy (non-hydrogen) atoms. The van der Waals surface area contributed by atoms with Crippen LogP contribution in [0.5, 0.6) is 0 Å². The zero-order chi connectivity index (χ0) is 10.6. The number of aromatic nitrogens is 1. The highest BCUT2D eigenvalue weighted by molar-refractivity contribution is 5.41. The maximum atomic E-state index is 11.2. The van der Waals surface area contributed by atoms with E-state index in [1.54, 1.807) is 19.3 Å². The van der Waals surface area contributed by atoms with E-state index in [1.807, 2.05) is 0 Å². The van der Waals surface area contributed by atoms with Crippen molar-refractivity contribution in [3.8, 4) is 0 Å². The monoisotopic (exact) mass is 198 g/mol. The van der Waals surface area contributed by atoms with Crippen LogP contribution in [0.1, 0.15) is 0 Å². The third kappa shape index (κ3) is 2.86. The summed E-state index contributed by atoms with van der Waals surface area (Å²) in [6.45, 7) is -0.0679. The summed E-state index contributed by atoms with van der Waals surface area (Å²) < 4.78 is 1.45. The first-order chi connectivity index (χ1) is 6.63. The van der Waals surface area contributed by atoms with Crippen LogP contribution in [0.15, 0.2) is 23.1 Å². The molecule has 0 saturated heterocycles. The van der Waals surface area contributed by atoms with Crippen LogP contribution in [0, 0.1) is 0 Å². The Kier molecular flexibility index (Phi) is 3.67. The number of aliphatic hydroxyl groups excluding tert-OH is 2. The van der Waals surface area contributed by atoms with Crippen LogP contribution in [-0.2, 0) is 7.05 Å². The molecule has 1 unspecified atom stereocenters. The van der Waals surface area contributed by atoms with E-state index in [2.05, 4.69) is 5.32 Å². The molecule has 0 saturated carbocycles. The fourth-order valence-corrected chi connectivity index (χ4v) is 0.959. The van der Waals surface area contributed by atoms with Crippen molar-refractivity contribution in [2.24, 2.45) is 7.05 Å². The van der Waals surface area contributed by atoms with Gasteiger partial charge in [0.05, 0.1) is 12.7 Å². The molecule has 3 N–H and O–H groups in total. The highest BCUT2D eigenvalue weighted by Gasteiger charge is 2.01. The van der Waals surface area contributed by atoms with Gasteiger partial charge >= 0.3 is 0 Å². The Morgan fingerprint density at radius 3 is 2.93 bits per heavy atom. The van der Waals surface area contributed by atoms with Crippen molar-refractivity contribution in [2.75, 3.05) is 18.5 Å². The summed E-state index contributed by atoms with van der Waals surface area (Å²) in [5.74, 6) is 0. The summed E-state index contributed by atoms with van der Waals surface area (Å²) in [7, 11) is 1.66. The minimum absolute atomic E-state index is 0.117. The van der Waals surface area contributed by atoms with Gasteiger partial charge in [0.2, 0.25) is 0 Å². The van der Waals surface area contributed by atoms with Crippen molar-refractivity contribution in [1.82, 2.24) is 4.57 Å². The van der Waals surface area contributed by atoms with E-state index in [0.717, 1.165) is 0 Å². The second-order valence-corrected chi connectivity index (χ2v) is 3.08. The number of rotatable bonds is 4. The fourth-order valence-electron chi connectivity index (χ4n) is 0.959. The van der Waals surface area contributed by atoms with Crippen LogP contribution in [0.25, 0.3) is 0 Å². The van der Waals surface area contributed by atoms with Gasteiger partial charge in [-0.15, -0.1) is 0 Å². The lowest BCUT2D eigenvalue weighted by atomic mass is 10.3. The first-order valence-corrected chi connectivity index (χ1v) is 4.33. The molecular weight excluding hydrogens is 184 g/mol. The van der Waals surface area contributed by atoms with Gasteiger partial charge in [-0.1, -0.05) is 0 Å². The topological polar surface area (TPSA) is 74.5 Å². The summed E-state index contributed by atoms with van der Waals surface area (Å²) in [6.07, 6.45) is 0.828. The van der Waals surface area contributed by atoms with Gasteiger partial charge in [-0.25, -0.2) is 0 Å². The Balaban J connectivity index is 2.60. The number of anilines is 1. The van der Waals surface area contributed by atoms with Crippen LogP contribution in [0.2, 0.25) is 0 Å². The number of nitrogens with zero attached hydrogens (tertiary/aromatic N) is 1. The molecule has 1 rings (SSSR count). The van der Waals surface area contributed by atoms with E-state index in [4.69, 9.17) is 10.2 Å². The third-order valence-electron chi connectivity index (χ3n) is 1.86. The number of nitrogens with one attached hydrogen (secondary N) is 1. The first-order valence-electron chi connectivity index (χ1n) is 4.33. The van der Waals surface area contributed by atoms with Crippen molar-refractivity contribution in [1.29, 1.82) is 0 Å². The molecule has 0 aromatic carbocycles. The molecule has 1 aromatic heterocycles. The summed E-state index contributed by atoms with van der Waals surface area (Å²) in [5, 5.41) is 20.4. The van der Waals surface area contributed by atoms with Gasteiger partial charge < -0.3 is 20.1 Å². The SMILES string of the molecule is Cn1ccc(NCC(O)CO)cc1=O.